The summed E-state index contributed by atoms with van der Waals surface area (Å²) in [5.74, 6) is 0.986. The molecule has 1 fully saturated rings. The van der Waals surface area contributed by atoms with Gasteiger partial charge in [-0.05, 0) is 83.1 Å². The van der Waals surface area contributed by atoms with Gasteiger partial charge in [-0.25, -0.2) is 4.98 Å². The summed E-state index contributed by atoms with van der Waals surface area (Å²) in [4.78, 5) is 24.8. The van der Waals surface area contributed by atoms with Crippen molar-refractivity contribution in [3.63, 3.8) is 0 Å². The highest BCUT2D eigenvalue weighted by atomic mass is 16.3. The van der Waals surface area contributed by atoms with Crippen LogP contribution in [-0.2, 0) is 6.54 Å². The number of rotatable bonds is 8. The number of piperazine rings is 1. The number of H-pyrrole nitrogens is 1. The lowest BCUT2D eigenvalue weighted by Gasteiger charge is -2.33. The SMILES string of the molecule is Cc1cc(C)c(CNC(O)c2cc(Nc3ccc(N4CCN(C)CC4)nc3)cc3c2c(C)cn3C(C)C)c(=O)[nH]1. The molecule has 0 amide bonds. The van der Waals surface area contributed by atoms with Crippen LogP contribution in [0.4, 0.5) is 17.2 Å². The first-order chi connectivity index (χ1) is 19.1. The van der Waals surface area contributed by atoms with Crippen molar-refractivity contribution in [1.29, 1.82) is 0 Å². The van der Waals surface area contributed by atoms with Crippen LogP contribution in [0.3, 0.4) is 0 Å². The van der Waals surface area contributed by atoms with Crippen molar-refractivity contribution in [3.8, 4) is 0 Å². The number of hydrogen-bond donors (Lipinski definition) is 4. The summed E-state index contributed by atoms with van der Waals surface area (Å²) in [6, 6.07) is 10.4. The van der Waals surface area contributed by atoms with Crippen molar-refractivity contribution < 1.29 is 5.11 Å². The van der Waals surface area contributed by atoms with E-state index in [-0.39, 0.29) is 18.1 Å². The average molecular weight is 544 g/mol. The molecule has 1 unspecified atom stereocenters. The molecule has 9 heteroatoms. The Kier molecular flexibility index (Phi) is 7.98. The second-order valence-electron chi connectivity index (χ2n) is 11.3. The predicted octanol–water partition coefficient (Wildman–Crippen LogP) is 4.51. The Morgan fingerprint density at radius 3 is 2.42 bits per heavy atom. The number of aromatic amines is 1. The summed E-state index contributed by atoms with van der Waals surface area (Å²) < 4.78 is 2.23. The second kappa shape index (κ2) is 11.4. The highest BCUT2D eigenvalue weighted by molar-refractivity contribution is 5.91. The largest absolute Gasteiger partial charge is 0.374 e. The Hall–Kier alpha value is -3.66. The Bertz CT molecular complexity index is 1550. The van der Waals surface area contributed by atoms with Crippen molar-refractivity contribution in [2.45, 2.75) is 53.4 Å². The van der Waals surface area contributed by atoms with E-state index in [1.165, 1.54) is 0 Å². The topological polar surface area (TPSA) is 101 Å². The molecule has 0 aliphatic carbocycles. The molecule has 1 atom stereocenters. The van der Waals surface area contributed by atoms with E-state index in [0.29, 0.717) is 5.56 Å². The van der Waals surface area contributed by atoms with Gasteiger partial charge in [0, 0.05) is 72.9 Å². The van der Waals surface area contributed by atoms with Gasteiger partial charge in [-0.1, -0.05) is 0 Å². The molecular formula is C31H41N7O2. The standard InChI is InChI=1S/C31H41N7O2/c1-19(2)38-18-21(4)29-25(30(39)33-17-26-20(3)13-22(5)34-31(26)40)14-24(15-27(29)38)35-23-7-8-28(32-16-23)37-11-9-36(6)10-12-37/h7-8,13-16,18-19,30,33,35,39H,9-12,17H2,1-6H3,(H,34,40). The van der Waals surface area contributed by atoms with Crippen LogP contribution in [0.15, 0.2) is 47.5 Å². The van der Waals surface area contributed by atoms with Gasteiger partial charge < -0.3 is 29.8 Å². The van der Waals surface area contributed by atoms with E-state index in [1.807, 2.05) is 32.2 Å². The van der Waals surface area contributed by atoms with Crippen molar-refractivity contribution in [2.75, 3.05) is 43.4 Å². The number of benzene rings is 1. The van der Waals surface area contributed by atoms with E-state index < -0.39 is 6.23 Å². The third-order valence-electron chi connectivity index (χ3n) is 7.83. The highest BCUT2D eigenvalue weighted by Crippen LogP contribution is 2.34. The number of anilines is 3. The molecule has 212 valence electrons. The number of likely N-dealkylation sites (N-methyl/N-ethyl adjacent to an activating group) is 1. The first kappa shape index (κ1) is 27.9. The molecule has 0 spiro atoms. The van der Waals surface area contributed by atoms with Crippen molar-refractivity contribution >= 4 is 28.1 Å². The number of aliphatic hydroxyl groups excluding tert-OH is 1. The molecule has 3 aromatic heterocycles. The van der Waals surface area contributed by atoms with Gasteiger partial charge in [0.25, 0.3) is 5.56 Å². The second-order valence-corrected chi connectivity index (χ2v) is 11.3. The van der Waals surface area contributed by atoms with Gasteiger partial charge in [0.1, 0.15) is 12.0 Å². The van der Waals surface area contributed by atoms with Crippen LogP contribution in [0.5, 0.6) is 0 Å². The third-order valence-corrected chi connectivity index (χ3v) is 7.83. The minimum atomic E-state index is -0.969. The van der Waals surface area contributed by atoms with Gasteiger partial charge in [0.05, 0.1) is 17.4 Å². The number of aliphatic hydroxyl groups is 1. The Morgan fingerprint density at radius 2 is 1.77 bits per heavy atom. The summed E-state index contributed by atoms with van der Waals surface area (Å²) in [7, 11) is 2.15. The predicted molar refractivity (Wildman–Crippen MR) is 163 cm³/mol. The maximum atomic E-state index is 12.5. The first-order valence-electron chi connectivity index (χ1n) is 14.0. The zero-order valence-electron chi connectivity index (χ0n) is 24.4. The summed E-state index contributed by atoms with van der Waals surface area (Å²) in [5.41, 5.74) is 6.85. The van der Waals surface area contributed by atoms with Gasteiger partial charge in [0.2, 0.25) is 0 Å². The van der Waals surface area contributed by atoms with Crippen LogP contribution < -0.4 is 21.1 Å². The Morgan fingerprint density at radius 1 is 1.02 bits per heavy atom. The summed E-state index contributed by atoms with van der Waals surface area (Å²) in [6.07, 6.45) is 3.03. The molecular weight excluding hydrogens is 502 g/mol. The fraction of sp³-hybridized carbons (Fsp3) is 0.419. The monoisotopic (exact) mass is 543 g/mol. The fourth-order valence-corrected chi connectivity index (χ4v) is 5.60. The van der Waals surface area contributed by atoms with E-state index >= 15 is 0 Å². The third kappa shape index (κ3) is 5.77. The van der Waals surface area contributed by atoms with E-state index in [2.05, 4.69) is 82.2 Å². The van der Waals surface area contributed by atoms with Crippen molar-refractivity contribution in [2.24, 2.45) is 0 Å². The maximum absolute atomic E-state index is 12.5. The van der Waals surface area contributed by atoms with Crippen LogP contribution >= 0.6 is 0 Å². The van der Waals surface area contributed by atoms with Crippen LogP contribution in [0.1, 0.15) is 54.1 Å². The van der Waals surface area contributed by atoms with Gasteiger partial charge >= 0.3 is 0 Å². The van der Waals surface area contributed by atoms with Crippen LogP contribution in [0.25, 0.3) is 10.9 Å². The molecule has 1 aliphatic rings. The molecule has 5 rings (SSSR count). The van der Waals surface area contributed by atoms with Gasteiger partial charge in [-0.3, -0.25) is 10.1 Å². The van der Waals surface area contributed by atoms with E-state index in [1.54, 1.807) is 0 Å². The van der Waals surface area contributed by atoms with E-state index in [9.17, 15) is 9.90 Å². The molecule has 1 aromatic carbocycles. The number of nitrogens with zero attached hydrogens (tertiary/aromatic N) is 4. The van der Waals surface area contributed by atoms with Crippen LogP contribution in [0.2, 0.25) is 0 Å². The summed E-state index contributed by atoms with van der Waals surface area (Å²) >= 11 is 0. The van der Waals surface area contributed by atoms with Crippen molar-refractivity contribution in [1.82, 2.24) is 24.8 Å². The lowest BCUT2D eigenvalue weighted by atomic mass is 10.0. The molecule has 0 bridgehead atoms. The summed E-state index contributed by atoms with van der Waals surface area (Å²) in [6.45, 7) is 14.4. The Balaban J connectivity index is 1.44. The number of aryl methyl sites for hydroxylation is 3. The quantitative estimate of drug-likeness (QED) is 0.243. The Labute approximate surface area is 235 Å². The van der Waals surface area contributed by atoms with Crippen molar-refractivity contribution in [3.05, 3.63) is 81.0 Å². The highest BCUT2D eigenvalue weighted by Gasteiger charge is 2.20. The minimum absolute atomic E-state index is 0.132. The average Bonchev–Trinajstić information content (AvgIpc) is 3.25. The van der Waals surface area contributed by atoms with E-state index in [0.717, 1.165) is 76.7 Å². The summed E-state index contributed by atoms with van der Waals surface area (Å²) in [5, 5.41) is 19.1. The number of hydrogen-bond acceptors (Lipinski definition) is 7. The fourth-order valence-electron chi connectivity index (χ4n) is 5.60. The number of pyridine rings is 2. The smallest absolute Gasteiger partial charge is 0.252 e. The zero-order valence-corrected chi connectivity index (χ0v) is 24.4. The minimum Gasteiger partial charge on any atom is -0.374 e. The number of aromatic nitrogens is 3. The molecule has 1 aliphatic heterocycles. The number of nitrogens with one attached hydrogen (secondary N) is 3. The molecule has 40 heavy (non-hydrogen) atoms. The molecule has 1 saturated heterocycles. The molecule has 4 heterocycles. The van der Waals surface area contributed by atoms with Gasteiger partial charge in [-0.15, -0.1) is 0 Å². The van der Waals surface area contributed by atoms with Gasteiger partial charge in [-0.2, -0.15) is 0 Å². The zero-order chi connectivity index (χ0) is 28.6. The molecule has 0 saturated carbocycles. The molecule has 4 aromatic rings. The maximum Gasteiger partial charge on any atom is 0.252 e. The van der Waals surface area contributed by atoms with Crippen LogP contribution in [-0.4, -0.2) is 57.8 Å². The molecule has 0 radical (unpaired) electrons. The lowest BCUT2D eigenvalue weighted by molar-refractivity contribution is 0.138. The molecule has 9 nitrogen and oxygen atoms in total. The first-order valence-corrected chi connectivity index (χ1v) is 14.0. The lowest BCUT2D eigenvalue weighted by Crippen LogP contribution is -2.44. The van der Waals surface area contributed by atoms with E-state index in [4.69, 9.17) is 4.98 Å². The van der Waals surface area contributed by atoms with Crippen LogP contribution in [0, 0.1) is 20.8 Å². The normalized spacial score (nSPS) is 15.2. The molecule has 4 N–H and O–H groups in total. The number of fused-ring (bicyclic) bond motifs is 1. The van der Waals surface area contributed by atoms with Gasteiger partial charge in [0.15, 0.2) is 0 Å².